The van der Waals surface area contributed by atoms with Crippen LogP contribution in [-0.4, -0.2) is 26.0 Å². The van der Waals surface area contributed by atoms with E-state index < -0.39 is 23.4 Å². The van der Waals surface area contributed by atoms with E-state index in [1.54, 1.807) is 6.07 Å². The van der Waals surface area contributed by atoms with Crippen molar-refractivity contribution in [1.82, 2.24) is 10.9 Å². The normalized spacial score (nSPS) is 10.0. The van der Waals surface area contributed by atoms with Crippen LogP contribution < -0.4 is 20.3 Å². The number of carbonyl (C=O) groups excluding carboxylic acids is 2. The number of hydrogen-bond acceptors (Lipinski definition) is 4. The summed E-state index contributed by atoms with van der Waals surface area (Å²) in [5.74, 6) is -2.54. The molecular formula is C16H14F2N2O4. The summed E-state index contributed by atoms with van der Waals surface area (Å²) >= 11 is 0. The summed E-state index contributed by atoms with van der Waals surface area (Å²) in [7, 11) is 2.85. The van der Waals surface area contributed by atoms with E-state index in [0.717, 1.165) is 12.1 Å². The molecule has 24 heavy (non-hydrogen) atoms. The zero-order valence-corrected chi connectivity index (χ0v) is 12.9. The summed E-state index contributed by atoms with van der Waals surface area (Å²) < 4.78 is 36.2. The van der Waals surface area contributed by atoms with Gasteiger partial charge in [-0.3, -0.25) is 20.4 Å². The molecule has 0 spiro atoms. The summed E-state index contributed by atoms with van der Waals surface area (Å²) in [5, 5.41) is 0. The Labute approximate surface area is 136 Å². The van der Waals surface area contributed by atoms with Crippen molar-refractivity contribution in [2.45, 2.75) is 0 Å². The van der Waals surface area contributed by atoms with Crippen molar-refractivity contribution < 1.29 is 27.8 Å². The molecule has 6 nitrogen and oxygen atoms in total. The predicted octanol–water partition coefficient (Wildman–Crippen LogP) is 2.06. The number of nitrogens with one attached hydrogen (secondary N) is 2. The van der Waals surface area contributed by atoms with Crippen molar-refractivity contribution in [1.29, 1.82) is 0 Å². The number of rotatable bonds is 4. The standard InChI is InChI=1S/C16H14F2N2O4/c1-23-13-5-10(6-14(8-13)24-2)16(22)20-19-15(21)9-3-11(17)7-12(18)4-9/h3-8H,1-2H3,(H,19,21)(H,20,22). The van der Waals surface area contributed by atoms with Gasteiger partial charge < -0.3 is 9.47 Å². The number of ether oxygens (including phenoxy) is 2. The highest BCUT2D eigenvalue weighted by molar-refractivity contribution is 5.99. The average Bonchev–Trinajstić information content (AvgIpc) is 2.57. The molecule has 0 aliphatic carbocycles. The van der Waals surface area contributed by atoms with Crippen molar-refractivity contribution in [2.24, 2.45) is 0 Å². The van der Waals surface area contributed by atoms with Crippen LogP contribution in [0.25, 0.3) is 0 Å². The van der Waals surface area contributed by atoms with Crippen LogP contribution in [-0.2, 0) is 0 Å². The van der Waals surface area contributed by atoms with Crippen molar-refractivity contribution >= 4 is 11.8 Å². The van der Waals surface area contributed by atoms with Gasteiger partial charge in [0.25, 0.3) is 11.8 Å². The fourth-order valence-corrected chi connectivity index (χ4v) is 1.88. The van der Waals surface area contributed by atoms with Gasteiger partial charge in [-0.25, -0.2) is 8.78 Å². The van der Waals surface area contributed by atoms with Crippen molar-refractivity contribution in [3.8, 4) is 11.5 Å². The first-order chi connectivity index (χ1) is 11.4. The Bertz CT molecular complexity index is 738. The first-order valence-electron chi connectivity index (χ1n) is 6.73. The summed E-state index contributed by atoms with van der Waals surface area (Å²) in [6.07, 6.45) is 0. The quantitative estimate of drug-likeness (QED) is 0.838. The molecule has 2 rings (SSSR count). The van der Waals surface area contributed by atoms with Gasteiger partial charge in [-0.05, 0) is 24.3 Å². The number of benzene rings is 2. The molecule has 2 N–H and O–H groups in total. The van der Waals surface area contributed by atoms with Crippen LogP contribution in [0.5, 0.6) is 11.5 Å². The lowest BCUT2D eigenvalue weighted by molar-refractivity contribution is 0.0846. The van der Waals surface area contributed by atoms with Gasteiger partial charge in [0.15, 0.2) is 0 Å². The van der Waals surface area contributed by atoms with Crippen LogP contribution in [0.3, 0.4) is 0 Å². The van der Waals surface area contributed by atoms with Crippen LogP contribution in [0.4, 0.5) is 8.78 Å². The van der Waals surface area contributed by atoms with E-state index in [2.05, 4.69) is 10.9 Å². The molecule has 0 aliphatic heterocycles. The topological polar surface area (TPSA) is 76.7 Å². The SMILES string of the molecule is COc1cc(OC)cc(C(=O)NNC(=O)c2cc(F)cc(F)c2)c1. The Kier molecular flexibility index (Phi) is 5.31. The molecule has 0 aliphatic rings. The first-order valence-corrected chi connectivity index (χ1v) is 6.73. The van der Waals surface area contributed by atoms with Crippen LogP contribution in [0.2, 0.25) is 0 Å². The minimum Gasteiger partial charge on any atom is -0.497 e. The largest absolute Gasteiger partial charge is 0.497 e. The van der Waals surface area contributed by atoms with E-state index in [0.29, 0.717) is 17.6 Å². The maximum absolute atomic E-state index is 13.1. The van der Waals surface area contributed by atoms with Crippen molar-refractivity contribution in [3.63, 3.8) is 0 Å². The van der Waals surface area contributed by atoms with E-state index in [1.807, 2.05) is 0 Å². The molecule has 0 unspecified atom stereocenters. The smallest absolute Gasteiger partial charge is 0.269 e. The Morgan fingerprint density at radius 2 is 1.17 bits per heavy atom. The fraction of sp³-hybridized carbons (Fsp3) is 0.125. The third-order valence-corrected chi connectivity index (χ3v) is 3.03. The second-order valence-corrected chi connectivity index (χ2v) is 4.67. The highest BCUT2D eigenvalue weighted by atomic mass is 19.1. The molecule has 0 fully saturated rings. The number of carbonyl (C=O) groups is 2. The minimum absolute atomic E-state index is 0.164. The van der Waals surface area contributed by atoms with E-state index in [-0.39, 0.29) is 11.1 Å². The van der Waals surface area contributed by atoms with Gasteiger partial charge >= 0.3 is 0 Å². The zero-order valence-electron chi connectivity index (χ0n) is 12.9. The molecule has 2 aromatic carbocycles. The molecule has 0 saturated heterocycles. The van der Waals surface area contributed by atoms with E-state index in [1.165, 1.54) is 26.4 Å². The predicted molar refractivity (Wildman–Crippen MR) is 80.8 cm³/mol. The first kappa shape index (κ1) is 17.2. The molecule has 0 atom stereocenters. The molecule has 0 heterocycles. The maximum Gasteiger partial charge on any atom is 0.269 e. The summed E-state index contributed by atoms with van der Waals surface area (Å²) in [5.41, 5.74) is 4.11. The summed E-state index contributed by atoms with van der Waals surface area (Å²) in [6, 6.07) is 6.78. The fourth-order valence-electron chi connectivity index (χ4n) is 1.88. The zero-order chi connectivity index (χ0) is 17.7. The van der Waals surface area contributed by atoms with Gasteiger partial charge in [0, 0.05) is 23.3 Å². The highest BCUT2D eigenvalue weighted by Gasteiger charge is 2.13. The second-order valence-electron chi connectivity index (χ2n) is 4.67. The molecule has 0 aromatic heterocycles. The van der Waals surface area contributed by atoms with Gasteiger partial charge in [-0.15, -0.1) is 0 Å². The molecule has 0 saturated carbocycles. The van der Waals surface area contributed by atoms with Crippen LogP contribution >= 0.6 is 0 Å². The summed E-state index contributed by atoms with van der Waals surface area (Å²) in [6.45, 7) is 0. The lowest BCUT2D eigenvalue weighted by Gasteiger charge is -2.10. The van der Waals surface area contributed by atoms with Crippen LogP contribution in [0, 0.1) is 11.6 Å². The number of hydrogen-bond donors (Lipinski definition) is 2. The lowest BCUT2D eigenvalue weighted by atomic mass is 10.2. The van der Waals surface area contributed by atoms with Crippen LogP contribution in [0.15, 0.2) is 36.4 Å². The number of hydrazine groups is 1. The van der Waals surface area contributed by atoms with Gasteiger partial charge in [0.2, 0.25) is 0 Å². The van der Waals surface area contributed by atoms with Crippen LogP contribution in [0.1, 0.15) is 20.7 Å². The molecule has 2 amide bonds. The Morgan fingerprint density at radius 3 is 1.58 bits per heavy atom. The molecule has 8 heteroatoms. The number of methoxy groups -OCH3 is 2. The van der Waals surface area contributed by atoms with Crippen molar-refractivity contribution in [2.75, 3.05) is 14.2 Å². The molecular weight excluding hydrogens is 322 g/mol. The molecule has 2 aromatic rings. The molecule has 126 valence electrons. The lowest BCUT2D eigenvalue weighted by Crippen LogP contribution is -2.41. The van der Waals surface area contributed by atoms with Crippen molar-refractivity contribution in [3.05, 3.63) is 59.2 Å². The van der Waals surface area contributed by atoms with E-state index in [9.17, 15) is 18.4 Å². The Hall–Kier alpha value is -3.16. The van der Waals surface area contributed by atoms with Gasteiger partial charge in [-0.1, -0.05) is 0 Å². The van der Waals surface area contributed by atoms with Gasteiger partial charge in [-0.2, -0.15) is 0 Å². The molecule has 0 bridgehead atoms. The Morgan fingerprint density at radius 1 is 0.750 bits per heavy atom. The van der Waals surface area contributed by atoms with E-state index >= 15 is 0 Å². The van der Waals surface area contributed by atoms with E-state index in [4.69, 9.17) is 9.47 Å². The molecule has 0 radical (unpaired) electrons. The third-order valence-electron chi connectivity index (χ3n) is 3.03. The van der Waals surface area contributed by atoms with Gasteiger partial charge in [0.05, 0.1) is 14.2 Å². The van der Waals surface area contributed by atoms with Gasteiger partial charge in [0.1, 0.15) is 23.1 Å². The maximum atomic E-state index is 13.1. The Balaban J connectivity index is 2.08. The second kappa shape index (κ2) is 7.40. The average molecular weight is 336 g/mol. The monoisotopic (exact) mass is 336 g/mol. The third kappa shape index (κ3) is 4.19. The highest BCUT2D eigenvalue weighted by Crippen LogP contribution is 2.22. The number of amides is 2. The summed E-state index contributed by atoms with van der Waals surface area (Å²) in [4.78, 5) is 23.9. The number of halogens is 2. The minimum atomic E-state index is -0.899.